The molecule has 2 heterocycles. The Morgan fingerprint density at radius 2 is 2.00 bits per heavy atom. The minimum atomic E-state index is -0.823. The third-order valence-corrected chi connectivity index (χ3v) is 6.19. The second-order valence-corrected chi connectivity index (χ2v) is 8.68. The molecule has 4 rings (SSSR count). The van der Waals surface area contributed by atoms with Gasteiger partial charge in [0.05, 0.1) is 24.8 Å². The molecule has 8 heteroatoms. The van der Waals surface area contributed by atoms with Crippen LogP contribution >= 0.6 is 0 Å². The average Bonchev–Trinajstić information content (AvgIpc) is 3.37. The highest BCUT2D eigenvalue weighted by Gasteiger charge is 2.46. The van der Waals surface area contributed by atoms with E-state index in [9.17, 15) is 14.7 Å². The Morgan fingerprint density at radius 1 is 1.19 bits per heavy atom. The lowest BCUT2D eigenvalue weighted by atomic mass is 9.94. The number of likely N-dealkylation sites (tertiary alicyclic amines) is 1. The predicted octanol–water partition coefficient (Wildman–Crippen LogP) is 4.04. The zero-order valence-electron chi connectivity index (χ0n) is 20.8. The Kier molecular flexibility index (Phi) is 7.64. The number of ether oxygens (including phenoxy) is 4. The summed E-state index contributed by atoms with van der Waals surface area (Å²) in [7, 11) is 1.53. The number of carbonyl (C=O) groups is 2. The Morgan fingerprint density at radius 3 is 2.72 bits per heavy atom. The normalized spacial score (nSPS) is 20.2. The van der Waals surface area contributed by atoms with Crippen molar-refractivity contribution in [2.24, 2.45) is 0 Å². The Labute approximate surface area is 210 Å². The predicted molar refractivity (Wildman–Crippen MR) is 134 cm³/mol. The van der Waals surface area contributed by atoms with Crippen molar-refractivity contribution in [3.63, 3.8) is 0 Å². The van der Waals surface area contributed by atoms with Crippen molar-refractivity contribution in [1.82, 2.24) is 4.90 Å². The molecule has 2 aromatic carbocycles. The van der Waals surface area contributed by atoms with E-state index in [1.165, 1.54) is 12.0 Å². The van der Waals surface area contributed by atoms with Crippen LogP contribution in [0.3, 0.4) is 0 Å². The smallest absolute Gasteiger partial charge is 0.295 e. The molecule has 2 aliphatic heterocycles. The van der Waals surface area contributed by atoms with Gasteiger partial charge >= 0.3 is 0 Å². The number of amides is 1. The maximum Gasteiger partial charge on any atom is 0.295 e. The standard InChI is InChI=1S/C28H31NO7/c1-5-12-35-22-10-7-18(16-23(22)34-6-2)25-24(27(31)28(32)29(25)11-13-33-4)26(30)19-8-9-21-20(15-19)14-17(3)36-21/h5,7-10,15-17,25,30H,1,6,11-14H2,2-4H3/t17-,25-/m1/s1. The molecule has 1 N–H and O–H groups in total. The van der Waals surface area contributed by atoms with E-state index in [1.54, 1.807) is 36.4 Å². The van der Waals surface area contributed by atoms with Crippen LogP contribution in [0.1, 0.15) is 36.6 Å². The summed E-state index contributed by atoms with van der Waals surface area (Å²) in [5, 5.41) is 11.4. The van der Waals surface area contributed by atoms with Gasteiger partial charge in [-0.25, -0.2) is 0 Å². The van der Waals surface area contributed by atoms with Gasteiger partial charge in [0, 0.05) is 25.6 Å². The molecule has 0 unspecified atom stereocenters. The number of benzene rings is 2. The van der Waals surface area contributed by atoms with Gasteiger partial charge < -0.3 is 29.0 Å². The van der Waals surface area contributed by atoms with Gasteiger partial charge in [-0.05, 0) is 55.3 Å². The number of aliphatic hydroxyl groups is 1. The number of ketones is 1. The summed E-state index contributed by atoms with van der Waals surface area (Å²) in [5.74, 6) is 0.0726. The number of hydrogen-bond acceptors (Lipinski definition) is 7. The van der Waals surface area contributed by atoms with Gasteiger partial charge in [0.15, 0.2) is 11.5 Å². The minimum Gasteiger partial charge on any atom is -0.507 e. The molecule has 2 atom stereocenters. The molecule has 0 spiro atoms. The van der Waals surface area contributed by atoms with E-state index in [0.29, 0.717) is 42.3 Å². The third kappa shape index (κ3) is 4.81. The molecule has 2 aromatic rings. The number of rotatable bonds is 10. The Balaban J connectivity index is 1.83. The number of Topliss-reactive ketones (excluding diaryl/α,β-unsaturated/α-hetero) is 1. The van der Waals surface area contributed by atoms with E-state index in [1.807, 2.05) is 19.9 Å². The maximum atomic E-state index is 13.2. The van der Waals surface area contributed by atoms with Gasteiger partial charge in [0.1, 0.15) is 24.2 Å². The first-order chi connectivity index (χ1) is 17.4. The molecule has 36 heavy (non-hydrogen) atoms. The van der Waals surface area contributed by atoms with Crippen LogP contribution in [0, 0.1) is 0 Å². The van der Waals surface area contributed by atoms with E-state index in [4.69, 9.17) is 18.9 Å². The van der Waals surface area contributed by atoms with E-state index >= 15 is 0 Å². The summed E-state index contributed by atoms with van der Waals surface area (Å²) in [4.78, 5) is 27.7. The van der Waals surface area contributed by atoms with Crippen LogP contribution in [-0.2, 0) is 20.7 Å². The summed E-state index contributed by atoms with van der Waals surface area (Å²) >= 11 is 0. The van der Waals surface area contributed by atoms with Gasteiger partial charge in [0.25, 0.3) is 11.7 Å². The highest BCUT2D eigenvalue weighted by atomic mass is 16.5. The molecule has 1 amide bonds. The van der Waals surface area contributed by atoms with Crippen LogP contribution < -0.4 is 14.2 Å². The molecule has 1 saturated heterocycles. The van der Waals surface area contributed by atoms with Crippen molar-refractivity contribution in [1.29, 1.82) is 0 Å². The number of hydrogen-bond donors (Lipinski definition) is 1. The van der Waals surface area contributed by atoms with Crippen LogP contribution in [0.2, 0.25) is 0 Å². The molecule has 0 radical (unpaired) electrons. The maximum absolute atomic E-state index is 13.2. The van der Waals surface area contributed by atoms with E-state index in [-0.39, 0.29) is 30.6 Å². The highest BCUT2D eigenvalue weighted by molar-refractivity contribution is 6.46. The SMILES string of the molecule is C=CCOc1ccc([C@@H]2C(=C(O)c3ccc4c(c3)C[C@@H](C)O4)C(=O)C(=O)N2CCOC)cc1OCC. The van der Waals surface area contributed by atoms with E-state index in [0.717, 1.165) is 11.3 Å². The fourth-order valence-corrected chi connectivity index (χ4v) is 4.60. The Hall–Kier alpha value is -3.78. The lowest BCUT2D eigenvalue weighted by Crippen LogP contribution is -2.32. The first-order valence-corrected chi connectivity index (χ1v) is 12.0. The van der Waals surface area contributed by atoms with Crippen molar-refractivity contribution in [2.75, 3.05) is 33.5 Å². The zero-order chi connectivity index (χ0) is 25.8. The number of nitrogens with zero attached hydrogens (tertiary/aromatic N) is 1. The summed E-state index contributed by atoms with van der Waals surface area (Å²) in [5.41, 5.74) is 2.03. The number of methoxy groups -OCH3 is 1. The lowest BCUT2D eigenvalue weighted by Gasteiger charge is -2.26. The van der Waals surface area contributed by atoms with Crippen LogP contribution in [0.5, 0.6) is 17.2 Å². The lowest BCUT2D eigenvalue weighted by molar-refractivity contribution is -0.140. The van der Waals surface area contributed by atoms with Crippen molar-refractivity contribution in [3.05, 3.63) is 71.3 Å². The van der Waals surface area contributed by atoms with Crippen LogP contribution in [-0.4, -0.2) is 61.3 Å². The van der Waals surface area contributed by atoms with Crippen LogP contribution in [0.25, 0.3) is 5.76 Å². The summed E-state index contributed by atoms with van der Waals surface area (Å²) in [6.45, 7) is 8.60. The van der Waals surface area contributed by atoms with Gasteiger partial charge in [-0.15, -0.1) is 0 Å². The third-order valence-electron chi connectivity index (χ3n) is 6.19. The van der Waals surface area contributed by atoms with E-state index in [2.05, 4.69) is 6.58 Å². The first-order valence-electron chi connectivity index (χ1n) is 12.0. The van der Waals surface area contributed by atoms with Gasteiger partial charge in [0.2, 0.25) is 0 Å². The van der Waals surface area contributed by atoms with Crippen molar-refractivity contribution < 1.29 is 33.6 Å². The van der Waals surface area contributed by atoms with Gasteiger partial charge in [-0.3, -0.25) is 9.59 Å². The highest BCUT2D eigenvalue weighted by Crippen LogP contribution is 2.42. The molecule has 0 saturated carbocycles. The second-order valence-electron chi connectivity index (χ2n) is 8.68. The molecule has 1 fully saturated rings. The van der Waals surface area contributed by atoms with Gasteiger partial charge in [-0.1, -0.05) is 18.7 Å². The molecule has 8 nitrogen and oxygen atoms in total. The monoisotopic (exact) mass is 493 g/mol. The fraction of sp³-hybridized carbons (Fsp3) is 0.357. The quantitative estimate of drug-likeness (QED) is 0.231. The number of carbonyl (C=O) groups excluding carboxylic acids is 2. The molecule has 2 aliphatic rings. The summed E-state index contributed by atoms with van der Waals surface area (Å²) in [6.07, 6.45) is 2.37. The fourth-order valence-electron chi connectivity index (χ4n) is 4.60. The first kappa shape index (κ1) is 25.3. The second kappa shape index (κ2) is 10.9. The topological polar surface area (TPSA) is 94.5 Å². The number of fused-ring (bicyclic) bond motifs is 1. The average molecular weight is 494 g/mol. The molecule has 190 valence electrons. The van der Waals surface area contributed by atoms with Crippen molar-refractivity contribution in [2.45, 2.75) is 32.4 Å². The van der Waals surface area contributed by atoms with Gasteiger partial charge in [-0.2, -0.15) is 0 Å². The summed E-state index contributed by atoms with van der Waals surface area (Å²) in [6, 6.07) is 9.70. The van der Waals surface area contributed by atoms with Crippen molar-refractivity contribution in [3.8, 4) is 17.2 Å². The minimum absolute atomic E-state index is 0.0187. The summed E-state index contributed by atoms with van der Waals surface area (Å²) < 4.78 is 22.4. The van der Waals surface area contributed by atoms with Crippen LogP contribution in [0.15, 0.2) is 54.6 Å². The molecule has 0 bridgehead atoms. The molecule has 0 aliphatic carbocycles. The van der Waals surface area contributed by atoms with E-state index < -0.39 is 17.7 Å². The molecular weight excluding hydrogens is 462 g/mol. The number of aliphatic hydroxyl groups excluding tert-OH is 1. The Bertz CT molecular complexity index is 1200. The largest absolute Gasteiger partial charge is 0.507 e. The van der Waals surface area contributed by atoms with Crippen LogP contribution in [0.4, 0.5) is 0 Å². The van der Waals surface area contributed by atoms with Crippen molar-refractivity contribution >= 4 is 17.4 Å². The molecule has 0 aromatic heterocycles. The molecular formula is C28H31NO7. The zero-order valence-corrected chi connectivity index (χ0v) is 20.8.